The van der Waals surface area contributed by atoms with E-state index in [-0.39, 0.29) is 36.0 Å². The highest BCUT2D eigenvalue weighted by Crippen LogP contribution is 2.58. The predicted molar refractivity (Wildman–Crippen MR) is 75.0 cm³/mol. The third-order valence-electron chi connectivity index (χ3n) is 5.63. The van der Waals surface area contributed by atoms with E-state index in [9.17, 15) is 9.90 Å². The van der Waals surface area contributed by atoms with Crippen LogP contribution in [0.3, 0.4) is 0 Å². The van der Waals surface area contributed by atoms with Gasteiger partial charge in [-0.15, -0.1) is 0 Å². The molecule has 1 amide bonds. The molecular formula is C15H26N2O3. The number of amides is 1. The fraction of sp³-hybridized carbons (Fsp3) is 0.933. The second-order valence-electron chi connectivity index (χ2n) is 7.08. The molecule has 0 spiro atoms. The number of fused-ring (bicyclic) bond motifs is 1. The van der Waals surface area contributed by atoms with E-state index in [0.717, 1.165) is 32.3 Å². The van der Waals surface area contributed by atoms with Crippen molar-refractivity contribution in [3.63, 3.8) is 0 Å². The number of ether oxygens (including phenoxy) is 1. The SMILES string of the molecule is CC1(C)C2OCCCC2C1(N)C(=O)N(CCO)C1CC1. The van der Waals surface area contributed by atoms with Crippen molar-refractivity contribution in [1.29, 1.82) is 0 Å². The fourth-order valence-electron chi connectivity index (χ4n) is 4.19. The van der Waals surface area contributed by atoms with Crippen LogP contribution in [0.4, 0.5) is 0 Å². The summed E-state index contributed by atoms with van der Waals surface area (Å²) in [6, 6.07) is 0.287. The summed E-state index contributed by atoms with van der Waals surface area (Å²) >= 11 is 0. The summed E-state index contributed by atoms with van der Waals surface area (Å²) in [6.45, 7) is 5.26. The molecule has 114 valence electrons. The van der Waals surface area contributed by atoms with Gasteiger partial charge in [0.1, 0.15) is 5.54 Å². The molecule has 0 bridgehead atoms. The van der Waals surface area contributed by atoms with E-state index >= 15 is 0 Å². The Bertz CT molecular complexity index is 408. The summed E-state index contributed by atoms with van der Waals surface area (Å²) in [5.74, 6) is 0.143. The maximum atomic E-state index is 13.0. The third-order valence-corrected chi connectivity index (χ3v) is 5.63. The molecule has 2 saturated carbocycles. The number of aliphatic hydroxyl groups excluding tert-OH is 1. The molecule has 3 fully saturated rings. The van der Waals surface area contributed by atoms with E-state index in [1.54, 1.807) is 0 Å². The zero-order valence-corrected chi connectivity index (χ0v) is 12.5. The molecule has 0 aromatic heterocycles. The minimum atomic E-state index is -0.837. The van der Waals surface area contributed by atoms with Crippen LogP contribution in [0, 0.1) is 11.3 Å². The van der Waals surface area contributed by atoms with Crippen LogP contribution in [0.25, 0.3) is 0 Å². The Morgan fingerprint density at radius 3 is 2.70 bits per heavy atom. The van der Waals surface area contributed by atoms with Crippen molar-refractivity contribution in [1.82, 2.24) is 4.90 Å². The number of carbonyl (C=O) groups excluding carboxylic acids is 1. The van der Waals surface area contributed by atoms with Crippen LogP contribution in [0.2, 0.25) is 0 Å². The van der Waals surface area contributed by atoms with Gasteiger partial charge in [0, 0.05) is 30.5 Å². The van der Waals surface area contributed by atoms with Crippen LogP contribution in [0.5, 0.6) is 0 Å². The second-order valence-corrected chi connectivity index (χ2v) is 7.08. The molecule has 5 nitrogen and oxygen atoms in total. The summed E-state index contributed by atoms with van der Waals surface area (Å²) in [7, 11) is 0. The topological polar surface area (TPSA) is 75.8 Å². The summed E-state index contributed by atoms with van der Waals surface area (Å²) in [5, 5.41) is 9.22. The molecule has 0 aromatic carbocycles. The maximum Gasteiger partial charge on any atom is 0.244 e. The van der Waals surface area contributed by atoms with Crippen LogP contribution in [-0.4, -0.2) is 53.4 Å². The van der Waals surface area contributed by atoms with E-state index < -0.39 is 5.54 Å². The lowest BCUT2D eigenvalue weighted by Gasteiger charge is -2.65. The molecule has 1 saturated heterocycles. The van der Waals surface area contributed by atoms with Crippen molar-refractivity contribution in [3.8, 4) is 0 Å². The van der Waals surface area contributed by atoms with Gasteiger partial charge in [-0.2, -0.15) is 0 Å². The first kappa shape index (κ1) is 14.3. The lowest BCUT2D eigenvalue weighted by molar-refractivity contribution is -0.230. The fourth-order valence-corrected chi connectivity index (χ4v) is 4.19. The number of hydrogen-bond acceptors (Lipinski definition) is 4. The normalized spacial score (nSPS) is 38.8. The molecule has 0 aromatic rings. The Hall–Kier alpha value is -0.650. The van der Waals surface area contributed by atoms with Gasteiger partial charge >= 0.3 is 0 Å². The summed E-state index contributed by atoms with van der Waals surface area (Å²) in [5.41, 5.74) is 5.45. The van der Waals surface area contributed by atoms with Gasteiger partial charge in [0.25, 0.3) is 0 Å². The van der Waals surface area contributed by atoms with Gasteiger partial charge in [0.15, 0.2) is 0 Å². The van der Waals surface area contributed by atoms with Crippen molar-refractivity contribution >= 4 is 5.91 Å². The van der Waals surface area contributed by atoms with Crippen LogP contribution < -0.4 is 5.73 Å². The third kappa shape index (κ3) is 1.76. The monoisotopic (exact) mass is 282 g/mol. The molecule has 20 heavy (non-hydrogen) atoms. The molecule has 3 atom stereocenters. The summed E-state index contributed by atoms with van der Waals surface area (Å²) in [6.07, 6.45) is 4.11. The number of rotatable bonds is 4. The van der Waals surface area contributed by atoms with Crippen molar-refractivity contribution in [2.75, 3.05) is 19.8 Å². The highest BCUT2D eigenvalue weighted by atomic mass is 16.5. The van der Waals surface area contributed by atoms with E-state index in [2.05, 4.69) is 0 Å². The molecule has 3 aliphatic rings. The summed E-state index contributed by atoms with van der Waals surface area (Å²) in [4.78, 5) is 14.8. The Morgan fingerprint density at radius 1 is 1.40 bits per heavy atom. The second kappa shape index (κ2) is 4.68. The van der Waals surface area contributed by atoms with Gasteiger partial charge < -0.3 is 20.5 Å². The lowest BCUT2D eigenvalue weighted by atomic mass is 9.46. The highest BCUT2D eigenvalue weighted by Gasteiger charge is 2.71. The number of nitrogens with two attached hydrogens (primary N) is 1. The predicted octanol–water partition coefficient (Wildman–Crippen LogP) is 0.502. The highest BCUT2D eigenvalue weighted by molar-refractivity contribution is 5.90. The molecule has 0 radical (unpaired) electrons. The van der Waals surface area contributed by atoms with E-state index in [0.29, 0.717) is 6.54 Å². The standard InChI is InChI=1S/C15H26N2O3/c1-14(2)12-11(4-3-9-20-12)15(14,16)13(19)17(7-8-18)10-5-6-10/h10-12,18H,3-9,16H2,1-2H3. The molecule has 1 heterocycles. The molecular weight excluding hydrogens is 256 g/mol. The van der Waals surface area contributed by atoms with Crippen LogP contribution in [0.15, 0.2) is 0 Å². The molecule has 1 aliphatic heterocycles. The molecule has 2 aliphatic carbocycles. The largest absolute Gasteiger partial charge is 0.395 e. The van der Waals surface area contributed by atoms with Gasteiger partial charge in [-0.1, -0.05) is 13.8 Å². The number of nitrogens with zero attached hydrogens (tertiary/aromatic N) is 1. The zero-order chi connectivity index (χ0) is 14.5. The Morgan fingerprint density at radius 2 is 2.10 bits per heavy atom. The zero-order valence-electron chi connectivity index (χ0n) is 12.5. The molecule has 3 rings (SSSR count). The van der Waals surface area contributed by atoms with Gasteiger partial charge in [-0.25, -0.2) is 0 Å². The number of carbonyl (C=O) groups is 1. The quantitative estimate of drug-likeness (QED) is 0.787. The van der Waals surface area contributed by atoms with E-state index in [1.807, 2.05) is 18.7 Å². The first-order chi connectivity index (χ1) is 9.44. The van der Waals surface area contributed by atoms with Gasteiger partial charge in [0.2, 0.25) is 5.91 Å². The lowest BCUT2D eigenvalue weighted by Crippen LogP contribution is -2.82. The van der Waals surface area contributed by atoms with E-state index in [1.165, 1.54) is 0 Å². The average molecular weight is 282 g/mol. The first-order valence-electron chi connectivity index (χ1n) is 7.77. The average Bonchev–Trinajstić information content (AvgIpc) is 3.27. The minimum Gasteiger partial charge on any atom is -0.395 e. The van der Waals surface area contributed by atoms with Crippen molar-refractivity contribution in [3.05, 3.63) is 0 Å². The van der Waals surface area contributed by atoms with Crippen LogP contribution >= 0.6 is 0 Å². The molecule has 5 heteroatoms. The van der Waals surface area contributed by atoms with Crippen LogP contribution in [-0.2, 0) is 9.53 Å². The Kier molecular flexibility index (Phi) is 3.35. The van der Waals surface area contributed by atoms with Gasteiger partial charge in [-0.05, 0) is 25.7 Å². The van der Waals surface area contributed by atoms with Crippen molar-refractivity contribution in [2.24, 2.45) is 17.1 Å². The minimum absolute atomic E-state index is 0.00332. The molecule has 3 N–H and O–H groups in total. The maximum absolute atomic E-state index is 13.0. The number of hydrogen-bond donors (Lipinski definition) is 2. The Labute approximate surface area is 120 Å². The molecule has 3 unspecified atom stereocenters. The first-order valence-corrected chi connectivity index (χ1v) is 7.77. The van der Waals surface area contributed by atoms with Crippen molar-refractivity contribution < 1.29 is 14.6 Å². The van der Waals surface area contributed by atoms with Gasteiger partial charge in [-0.3, -0.25) is 4.79 Å². The van der Waals surface area contributed by atoms with Gasteiger partial charge in [0.05, 0.1) is 12.7 Å². The smallest absolute Gasteiger partial charge is 0.244 e. The number of aliphatic hydroxyl groups is 1. The Balaban J connectivity index is 1.84. The van der Waals surface area contributed by atoms with E-state index in [4.69, 9.17) is 10.5 Å². The summed E-state index contributed by atoms with van der Waals surface area (Å²) < 4.78 is 5.85. The van der Waals surface area contributed by atoms with Crippen molar-refractivity contribution in [2.45, 2.75) is 57.2 Å². The van der Waals surface area contributed by atoms with Crippen LogP contribution in [0.1, 0.15) is 39.5 Å².